The highest BCUT2D eigenvalue weighted by atomic mass is 32.1. The first kappa shape index (κ1) is 13.5. The Morgan fingerprint density at radius 2 is 2.17 bits per heavy atom. The molecule has 3 nitrogen and oxygen atoms in total. The lowest BCUT2D eigenvalue weighted by Crippen LogP contribution is -2.32. The Kier molecular flexibility index (Phi) is 4.72. The first-order valence-electron chi connectivity index (χ1n) is 6.19. The van der Waals surface area contributed by atoms with E-state index in [0.29, 0.717) is 5.92 Å². The van der Waals surface area contributed by atoms with Crippen molar-refractivity contribution in [3.63, 3.8) is 0 Å². The van der Waals surface area contributed by atoms with E-state index in [1.807, 2.05) is 11.3 Å². The number of fused-ring (bicyclic) bond motifs is 1. The number of thiophene rings is 1. The third-order valence-corrected chi connectivity index (χ3v) is 4.48. The van der Waals surface area contributed by atoms with Crippen LogP contribution in [0.5, 0.6) is 0 Å². The van der Waals surface area contributed by atoms with Crippen LogP contribution in [-0.4, -0.2) is 13.7 Å². The summed E-state index contributed by atoms with van der Waals surface area (Å²) in [4.78, 5) is 1.29. The van der Waals surface area contributed by atoms with Crippen LogP contribution in [0, 0.1) is 5.92 Å². The molecule has 4 heteroatoms. The lowest BCUT2D eigenvalue weighted by Gasteiger charge is -2.21. The van der Waals surface area contributed by atoms with Crippen molar-refractivity contribution in [2.75, 3.05) is 13.7 Å². The van der Waals surface area contributed by atoms with Gasteiger partial charge in [-0.3, -0.25) is 11.3 Å². The molecule has 0 saturated carbocycles. The lowest BCUT2D eigenvalue weighted by atomic mass is 9.97. The number of hydrogen-bond acceptors (Lipinski definition) is 4. The molecule has 2 rings (SSSR count). The normalized spacial score (nSPS) is 14.8. The fraction of sp³-hybridized carbons (Fsp3) is 0.429. The zero-order valence-corrected chi connectivity index (χ0v) is 11.7. The molecular weight excluding hydrogens is 244 g/mol. The molecule has 0 bridgehead atoms. The summed E-state index contributed by atoms with van der Waals surface area (Å²) in [5.41, 5.74) is 2.94. The molecule has 1 aromatic heterocycles. The van der Waals surface area contributed by atoms with E-state index in [1.165, 1.54) is 15.0 Å². The van der Waals surface area contributed by atoms with Gasteiger partial charge < -0.3 is 4.74 Å². The Morgan fingerprint density at radius 1 is 1.39 bits per heavy atom. The number of rotatable bonds is 6. The van der Waals surface area contributed by atoms with Crippen LogP contribution in [0.15, 0.2) is 30.3 Å². The smallest absolute Gasteiger partial charge is 0.0580 e. The summed E-state index contributed by atoms with van der Waals surface area (Å²) in [6, 6.07) is 10.9. The minimum atomic E-state index is 0.192. The summed E-state index contributed by atoms with van der Waals surface area (Å²) in [5, 5.41) is 1.29. The van der Waals surface area contributed by atoms with Crippen LogP contribution < -0.4 is 11.3 Å². The molecule has 0 saturated heterocycles. The van der Waals surface area contributed by atoms with Crippen molar-refractivity contribution in [2.24, 2.45) is 11.8 Å². The van der Waals surface area contributed by atoms with E-state index in [0.717, 1.165) is 13.0 Å². The zero-order chi connectivity index (χ0) is 13.0. The molecule has 0 radical (unpaired) electrons. The van der Waals surface area contributed by atoms with Crippen molar-refractivity contribution in [2.45, 2.75) is 19.4 Å². The lowest BCUT2D eigenvalue weighted by molar-refractivity contribution is 0.170. The maximum absolute atomic E-state index is 5.72. The van der Waals surface area contributed by atoms with Gasteiger partial charge in [0.05, 0.1) is 6.04 Å². The molecule has 0 fully saturated rings. The zero-order valence-electron chi connectivity index (χ0n) is 10.8. The molecule has 18 heavy (non-hydrogen) atoms. The van der Waals surface area contributed by atoms with Crippen molar-refractivity contribution in [3.8, 4) is 0 Å². The highest BCUT2D eigenvalue weighted by molar-refractivity contribution is 7.19. The van der Waals surface area contributed by atoms with E-state index >= 15 is 0 Å². The van der Waals surface area contributed by atoms with Crippen molar-refractivity contribution in [1.29, 1.82) is 0 Å². The SMILES string of the molecule is COCCC(C)C(NN)c1cc2ccccc2s1. The van der Waals surface area contributed by atoms with Gasteiger partial charge in [0.25, 0.3) is 0 Å². The van der Waals surface area contributed by atoms with Gasteiger partial charge in [0.2, 0.25) is 0 Å². The molecule has 2 atom stereocenters. The summed E-state index contributed by atoms with van der Waals surface area (Å²) >= 11 is 1.81. The fourth-order valence-corrected chi connectivity index (χ4v) is 3.41. The molecular formula is C14H20N2OS. The third-order valence-electron chi connectivity index (χ3n) is 3.28. The van der Waals surface area contributed by atoms with Crippen molar-refractivity contribution >= 4 is 21.4 Å². The number of nitrogens with one attached hydrogen (secondary N) is 1. The molecule has 0 spiro atoms. The number of ether oxygens (including phenoxy) is 1. The van der Waals surface area contributed by atoms with Gasteiger partial charge in [0.1, 0.15) is 0 Å². The minimum absolute atomic E-state index is 0.192. The topological polar surface area (TPSA) is 47.3 Å². The Labute approximate surface area is 112 Å². The van der Waals surface area contributed by atoms with Crippen LogP contribution in [0.1, 0.15) is 24.3 Å². The Bertz CT molecular complexity index is 464. The number of hydrogen-bond donors (Lipinski definition) is 2. The van der Waals surface area contributed by atoms with E-state index in [-0.39, 0.29) is 6.04 Å². The number of benzene rings is 1. The fourth-order valence-electron chi connectivity index (χ4n) is 2.15. The highest BCUT2D eigenvalue weighted by Gasteiger charge is 2.19. The summed E-state index contributed by atoms with van der Waals surface area (Å²) in [7, 11) is 1.73. The molecule has 1 heterocycles. The van der Waals surface area contributed by atoms with Crippen molar-refractivity contribution in [1.82, 2.24) is 5.43 Å². The third kappa shape index (κ3) is 2.90. The maximum atomic E-state index is 5.72. The summed E-state index contributed by atoms with van der Waals surface area (Å²) < 4.78 is 6.45. The molecule has 2 aromatic rings. The van der Waals surface area contributed by atoms with Crippen molar-refractivity contribution < 1.29 is 4.74 Å². The monoisotopic (exact) mass is 264 g/mol. The Balaban J connectivity index is 2.20. The van der Waals surface area contributed by atoms with Crippen molar-refractivity contribution in [3.05, 3.63) is 35.2 Å². The Morgan fingerprint density at radius 3 is 2.83 bits per heavy atom. The summed E-state index contributed by atoms with van der Waals surface area (Å²) in [5.74, 6) is 6.16. The van der Waals surface area contributed by atoms with Crippen LogP contribution in [-0.2, 0) is 4.74 Å². The van der Waals surface area contributed by atoms with Crippen LogP contribution in [0.4, 0.5) is 0 Å². The van der Waals surface area contributed by atoms with E-state index in [4.69, 9.17) is 10.6 Å². The summed E-state index contributed by atoms with van der Waals surface area (Å²) in [6.45, 7) is 2.97. The minimum Gasteiger partial charge on any atom is -0.385 e. The van der Waals surface area contributed by atoms with Gasteiger partial charge in [0, 0.05) is 23.3 Å². The Hall–Kier alpha value is -0.940. The van der Waals surface area contributed by atoms with Gasteiger partial charge in [-0.25, -0.2) is 0 Å². The predicted molar refractivity (Wildman–Crippen MR) is 77.5 cm³/mol. The number of nitrogens with two attached hydrogens (primary N) is 1. The molecule has 0 aliphatic heterocycles. The maximum Gasteiger partial charge on any atom is 0.0580 e. The van der Waals surface area contributed by atoms with E-state index in [9.17, 15) is 0 Å². The summed E-state index contributed by atoms with van der Waals surface area (Å²) in [6.07, 6.45) is 1.000. The first-order chi connectivity index (χ1) is 8.76. The molecule has 98 valence electrons. The molecule has 2 unspecified atom stereocenters. The van der Waals surface area contributed by atoms with Gasteiger partial charge in [-0.15, -0.1) is 11.3 Å². The average molecular weight is 264 g/mol. The van der Waals surface area contributed by atoms with E-state index in [2.05, 4.69) is 42.7 Å². The molecule has 3 N–H and O–H groups in total. The van der Waals surface area contributed by atoms with Gasteiger partial charge in [-0.2, -0.15) is 0 Å². The highest BCUT2D eigenvalue weighted by Crippen LogP contribution is 2.33. The van der Waals surface area contributed by atoms with E-state index < -0.39 is 0 Å². The molecule has 0 aliphatic rings. The van der Waals surface area contributed by atoms with Crippen LogP contribution >= 0.6 is 11.3 Å². The molecule has 1 aromatic carbocycles. The quantitative estimate of drug-likeness (QED) is 0.622. The standard InChI is InChI=1S/C14H20N2OS/c1-10(7-8-17-2)14(16-15)13-9-11-5-3-4-6-12(11)18-13/h3-6,9-10,14,16H,7-8,15H2,1-2H3. The first-order valence-corrected chi connectivity index (χ1v) is 7.01. The van der Waals surface area contributed by atoms with Gasteiger partial charge in [-0.05, 0) is 29.9 Å². The predicted octanol–water partition coefficient (Wildman–Crippen LogP) is 3.08. The van der Waals surface area contributed by atoms with Gasteiger partial charge in [0.15, 0.2) is 0 Å². The van der Waals surface area contributed by atoms with Gasteiger partial charge >= 0.3 is 0 Å². The number of hydrazine groups is 1. The second kappa shape index (κ2) is 6.29. The molecule has 0 aliphatic carbocycles. The van der Waals surface area contributed by atoms with Crippen LogP contribution in [0.2, 0.25) is 0 Å². The second-order valence-electron chi connectivity index (χ2n) is 4.59. The van der Waals surface area contributed by atoms with E-state index in [1.54, 1.807) is 7.11 Å². The van der Waals surface area contributed by atoms with Crippen LogP contribution in [0.25, 0.3) is 10.1 Å². The van der Waals surface area contributed by atoms with Crippen LogP contribution in [0.3, 0.4) is 0 Å². The number of methoxy groups -OCH3 is 1. The van der Waals surface area contributed by atoms with Gasteiger partial charge in [-0.1, -0.05) is 25.1 Å². The molecule has 0 amide bonds. The average Bonchev–Trinajstić information content (AvgIpc) is 2.80. The largest absolute Gasteiger partial charge is 0.385 e. The second-order valence-corrected chi connectivity index (χ2v) is 5.71.